The first-order valence-corrected chi connectivity index (χ1v) is 4.93. The van der Waals surface area contributed by atoms with Crippen molar-refractivity contribution in [3.63, 3.8) is 0 Å². The molecular weight excluding hydrogens is 205 g/mol. The Balaban J connectivity index is 2.31. The van der Waals surface area contributed by atoms with Gasteiger partial charge in [0, 0.05) is 25.4 Å². The Bertz CT molecular complexity index is 291. The highest BCUT2D eigenvalue weighted by atomic mass is 19.4. The van der Waals surface area contributed by atoms with Crippen LogP contribution in [0.5, 0.6) is 0 Å². The average Bonchev–Trinajstić information content (AvgIpc) is 2.51. The Morgan fingerprint density at radius 3 is 2.67 bits per heavy atom. The van der Waals surface area contributed by atoms with E-state index >= 15 is 0 Å². The molecule has 0 saturated carbocycles. The van der Waals surface area contributed by atoms with E-state index in [2.05, 4.69) is 0 Å². The van der Waals surface area contributed by atoms with Gasteiger partial charge in [0.2, 0.25) is 0 Å². The minimum absolute atomic E-state index is 0.125. The average molecular weight is 220 g/mol. The van der Waals surface area contributed by atoms with Crippen LogP contribution in [0.1, 0.15) is 18.4 Å². The molecule has 0 aliphatic rings. The molecule has 1 heterocycles. The zero-order valence-corrected chi connectivity index (χ0v) is 8.43. The van der Waals surface area contributed by atoms with Crippen LogP contribution < -0.4 is 5.73 Å². The molecule has 2 N–H and O–H groups in total. The molecule has 86 valence electrons. The summed E-state index contributed by atoms with van der Waals surface area (Å²) in [6, 6.07) is 1.89. The molecule has 5 heteroatoms. The largest absolute Gasteiger partial charge is 0.389 e. The molecule has 0 unspecified atom stereocenters. The molecule has 0 aliphatic carbocycles. The van der Waals surface area contributed by atoms with Crippen molar-refractivity contribution >= 4 is 0 Å². The third-order valence-corrected chi connectivity index (χ3v) is 2.12. The molecule has 0 spiro atoms. The molecule has 0 saturated heterocycles. The number of rotatable bonds is 5. The topological polar surface area (TPSA) is 30.9 Å². The third kappa shape index (κ3) is 4.88. The molecule has 0 bridgehead atoms. The van der Waals surface area contributed by atoms with Crippen LogP contribution in [0.4, 0.5) is 13.2 Å². The van der Waals surface area contributed by atoms with Crippen molar-refractivity contribution in [1.82, 2.24) is 4.57 Å². The van der Waals surface area contributed by atoms with Crippen molar-refractivity contribution < 1.29 is 13.2 Å². The number of aromatic nitrogens is 1. The summed E-state index contributed by atoms with van der Waals surface area (Å²) in [5.41, 5.74) is 6.44. The summed E-state index contributed by atoms with van der Waals surface area (Å²) in [5, 5.41) is 0. The molecule has 2 nitrogen and oxygen atoms in total. The zero-order chi connectivity index (χ0) is 11.3. The highest BCUT2D eigenvalue weighted by Crippen LogP contribution is 2.21. The van der Waals surface area contributed by atoms with E-state index in [1.165, 1.54) is 0 Å². The molecule has 0 radical (unpaired) electrons. The van der Waals surface area contributed by atoms with Crippen LogP contribution in [0.2, 0.25) is 0 Å². The predicted octanol–water partition coefficient (Wildman–Crippen LogP) is 2.33. The van der Waals surface area contributed by atoms with E-state index in [9.17, 15) is 13.2 Å². The maximum atomic E-state index is 11.9. The minimum atomic E-state index is -4.05. The summed E-state index contributed by atoms with van der Waals surface area (Å²) in [4.78, 5) is 0. The second-order valence-corrected chi connectivity index (χ2v) is 3.51. The van der Waals surface area contributed by atoms with Gasteiger partial charge in [-0.25, -0.2) is 0 Å². The number of hydrogen-bond acceptors (Lipinski definition) is 1. The van der Waals surface area contributed by atoms with Crippen LogP contribution in [-0.2, 0) is 13.0 Å². The summed E-state index contributed by atoms with van der Waals surface area (Å²) >= 11 is 0. The van der Waals surface area contributed by atoms with Gasteiger partial charge in [-0.2, -0.15) is 13.2 Å². The molecule has 0 fully saturated rings. The lowest BCUT2D eigenvalue weighted by Crippen LogP contribution is -2.08. The first kappa shape index (κ1) is 12.1. The second-order valence-electron chi connectivity index (χ2n) is 3.51. The summed E-state index contributed by atoms with van der Waals surface area (Å²) in [6.07, 6.45) is -0.234. The Labute approximate surface area is 86.9 Å². The SMILES string of the molecule is NCCc1ccn(CCCC(F)(F)F)c1. The van der Waals surface area contributed by atoms with Gasteiger partial charge in [0.1, 0.15) is 0 Å². The predicted molar refractivity (Wildman–Crippen MR) is 52.5 cm³/mol. The number of hydrogen-bond donors (Lipinski definition) is 1. The molecule has 1 rings (SSSR count). The lowest BCUT2D eigenvalue weighted by atomic mass is 10.2. The van der Waals surface area contributed by atoms with Crippen LogP contribution in [0.15, 0.2) is 18.5 Å². The van der Waals surface area contributed by atoms with E-state index in [1.807, 2.05) is 12.3 Å². The van der Waals surface area contributed by atoms with Crippen molar-refractivity contribution in [3.8, 4) is 0 Å². The van der Waals surface area contributed by atoms with E-state index in [4.69, 9.17) is 5.73 Å². The van der Waals surface area contributed by atoms with Crippen molar-refractivity contribution in [2.24, 2.45) is 5.73 Å². The summed E-state index contributed by atoms with van der Waals surface area (Å²) in [6.45, 7) is 0.969. The molecule has 1 aromatic heterocycles. The quantitative estimate of drug-likeness (QED) is 0.811. The zero-order valence-electron chi connectivity index (χ0n) is 8.43. The van der Waals surface area contributed by atoms with Crippen molar-refractivity contribution in [1.29, 1.82) is 0 Å². The lowest BCUT2D eigenvalue weighted by Gasteiger charge is -2.06. The Kier molecular flexibility index (Phi) is 4.20. The second kappa shape index (κ2) is 5.21. The fourth-order valence-electron chi connectivity index (χ4n) is 1.41. The van der Waals surface area contributed by atoms with E-state index in [1.54, 1.807) is 10.8 Å². The van der Waals surface area contributed by atoms with Crippen LogP contribution in [-0.4, -0.2) is 17.3 Å². The van der Waals surface area contributed by atoms with Crippen LogP contribution in [0, 0.1) is 0 Å². The molecule has 1 aromatic rings. The van der Waals surface area contributed by atoms with Gasteiger partial charge in [-0.1, -0.05) is 0 Å². The maximum Gasteiger partial charge on any atom is 0.389 e. The molecule has 15 heavy (non-hydrogen) atoms. The summed E-state index contributed by atoms with van der Waals surface area (Å²) < 4.78 is 37.4. The van der Waals surface area contributed by atoms with Crippen LogP contribution >= 0.6 is 0 Å². The Morgan fingerprint density at radius 2 is 2.07 bits per heavy atom. The Morgan fingerprint density at radius 1 is 1.33 bits per heavy atom. The highest BCUT2D eigenvalue weighted by Gasteiger charge is 2.25. The van der Waals surface area contributed by atoms with Crippen LogP contribution in [0.3, 0.4) is 0 Å². The highest BCUT2D eigenvalue weighted by molar-refractivity contribution is 5.10. The number of alkyl halides is 3. The van der Waals surface area contributed by atoms with E-state index in [-0.39, 0.29) is 6.42 Å². The van der Waals surface area contributed by atoms with Crippen molar-refractivity contribution in [2.45, 2.75) is 32.0 Å². The first-order chi connectivity index (χ1) is 7.01. The van der Waals surface area contributed by atoms with Gasteiger partial charge in [-0.05, 0) is 31.0 Å². The van der Waals surface area contributed by atoms with Crippen molar-refractivity contribution in [2.75, 3.05) is 6.54 Å². The fraction of sp³-hybridized carbons (Fsp3) is 0.600. The first-order valence-electron chi connectivity index (χ1n) is 4.93. The van der Waals surface area contributed by atoms with E-state index < -0.39 is 12.6 Å². The standard InChI is InChI=1S/C10H15F3N2/c11-10(12,13)4-1-6-15-7-3-9(8-15)2-5-14/h3,7-8H,1-2,4-6,14H2. The summed E-state index contributed by atoms with van der Waals surface area (Å²) in [5.74, 6) is 0. The molecule has 0 aromatic carbocycles. The number of nitrogens with two attached hydrogens (primary N) is 1. The number of halogens is 3. The minimum Gasteiger partial charge on any atom is -0.354 e. The molecule has 0 amide bonds. The molecular formula is C10H15F3N2. The summed E-state index contributed by atoms with van der Waals surface area (Å²) in [7, 11) is 0. The van der Waals surface area contributed by atoms with Crippen molar-refractivity contribution in [3.05, 3.63) is 24.0 Å². The molecule has 0 atom stereocenters. The van der Waals surface area contributed by atoms with Gasteiger partial charge < -0.3 is 10.3 Å². The van der Waals surface area contributed by atoms with Gasteiger partial charge in [-0.15, -0.1) is 0 Å². The number of nitrogens with zero attached hydrogens (tertiary/aromatic N) is 1. The normalized spacial score (nSPS) is 12.0. The van der Waals surface area contributed by atoms with E-state index in [0.717, 1.165) is 12.0 Å². The monoisotopic (exact) mass is 220 g/mol. The molecule has 0 aliphatic heterocycles. The van der Waals surface area contributed by atoms with Gasteiger partial charge in [0.15, 0.2) is 0 Å². The smallest absolute Gasteiger partial charge is 0.354 e. The van der Waals surface area contributed by atoms with Crippen LogP contribution in [0.25, 0.3) is 0 Å². The van der Waals surface area contributed by atoms with Gasteiger partial charge in [0.05, 0.1) is 0 Å². The Hall–Kier alpha value is -0.970. The van der Waals surface area contributed by atoms with Gasteiger partial charge in [-0.3, -0.25) is 0 Å². The fourth-order valence-corrected chi connectivity index (χ4v) is 1.41. The van der Waals surface area contributed by atoms with Gasteiger partial charge >= 0.3 is 6.18 Å². The maximum absolute atomic E-state index is 11.9. The van der Waals surface area contributed by atoms with E-state index in [0.29, 0.717) is 13.1 Å². The lowest BCUT2D eigenvalue weighted by molar-refractivity contribution is -0.135. The van der Waals surface area contributed by atoms with Gasteiger partial charge in [0.25, 0.3) is 0 Å². The third-order valence-electron chi connectivity index (χ3n) is 2.12. The number of aryl methyl sites for hydroxylation is 1.